The molecule has 0 aliphatic carbocycles. The van der Waals surface area contributed by atoms with Crippen molar-refractivity contribution in [2.75, 3.05) is 0 Å². The minimum atomic E-state index is 0.106. The molecule has 86 valence electrons. The minimum Gasteiger partial charge on any atom is -0.334 e. The van der Waals surface area contributed by atoms with Gasteiger partial charge in [-0.2, -0.15) is 16.3 Å². The highest BCUT2D eigenvalue weighted by atomic mass is 32.1. The summed E-state index contributed by atoms with van der Waals surface area (Å²) in [5, 5.41) is 8.03. The summed E-state index contributed by atoms with van der Waals surface area (Å²) in [6, 6.07) is 0.106. The van der Waals surface area contributed by atoms with Gasteiger partial charge in [0.2, 0.25) is 0 Å². The lowest BCUT2D eigenvalue weighted by Crippen LogP contribution is -2.21. The van der Waals surface area contributed by atoms with Crippen molar-refractivity contribution in [1.82, 2.24) is 10.1 Å². The third kappa shape index (κ3) is 2.31. The number of aromatic nitrogens is 2. The van der Waals surface area contributed by atoms with Gasteiger partial charge in [-0.25, -0.2) is 0 Å². The molecular formula is C11H15N3OS. The highest BCUT2D eigenvalue weighted by Gasteiger charge is 2.13. The zero-order valence-corrected chi connectivity index (χ0v) is 10.3. The zero-order valence-electron chi connectivity index (χ0n) is 9.43. The third-order valence-corrected chi connectivity index (χ3v) is 3.38. The summed E-state index contributed by atoms with van der Waals surface area (Å²) in [5.74, 6) is 1.28. The summed E-state index contributed by atoms with van der Waals surface area (Å²) in [5.41, 5.74) is 8.03. The SMILES string of the molecule is CCC(N)Cc1noc(-c2cscc2C)n1. The van der Waals surface area contributed by atoms with Gasteiger partial charge < -0.3 is 10.3 Å². The van der Waals surface area contributed by atoms with Crippen molar-refractivity contribution in [3.63, 3.8) is 0 Å². The van der Waals surface area contributed by atoms with Crippen LogP contribution in [-0.4, -0.2) is 16.2 Å². The van der Waals surface area contributed by atoms with Crippen molar-refractivity contribution in [2.24, 2.45) is 5.73 Å². The average molecular weight is 237 g/mol. The van der Waals surface area contributed by atoms with Crippen LogP contribution < -0.4 is 5.73 Å². The maximum absolute atomic E-state index is 5.84. The number of hydrogen-bond donors (Lipinski definition) is 1. The van der Waals surface area contributed by atoms with Gasteiger partial charge in [-0.3, -0.25) is 0 Å². The molecule has 5 heteroatoms. The number of thiophene rings is 1. The molecule has 0 aliphatic heterocycles. The highest BCUT2D eigenvalue weighted by molar-refractivity contribution is 7.08. The molecule has 2 aromatic rings. The van der Waals surface area contributed by atoms with Gasteiger partial charge in [0.1, 0.15) is 0 Å². The molecule has 2 aromatic heterocycles. The van der Waals surface area contributed by atoms with Crippen LogP contribution in [0, 0.1) is 6.92 Å². The van der Waals surface area contributed by atoms with E-state index in [1.807, 2.05) is 12.3 Å². The molecule has 0 bridgehead atoms. The normalized spacial score (nSPS) is 12.9. The van der Waals surface area contributed by atoms with Crippen LogP contribution in [0.2, 0.25) is 0 Å². The van der Waals surface area contributed by atoms with E-state index in [2.05, 4.69) is 22.4 Å². The molecule has 1 unspecified atom stereocenters. The Kier molecular flexibility index (Phi) is 3.36. The topological polar surface area (TPSA) is 64.9 Å². The summed E-state index contributed by atoms with van der Waals surface area (Å²) < 4.78 is 5.23. The molecule has 2 heterocycles. The lowest BCUT2D eigenvalue weighted by molar-refractivity contribution is 0.419. The summed E-state index contributed by atoms with van der Waals surface area (Å²) in [6.07, 6.45) is 1.59. The predicted molar refractivity (Wildman–Crippen MR) is 64.3 cm³/mol. The van der Waals surface area contributed by atoms with E-state index in [9.17, 15) is 0 Å². The first kappa shape index (κ1) is 11.3. The summed E-state index contributed by atoms with van der Waals surface area (Å²) in [7, 11) is 0. The summed E-state index contributed by atoms with van der Waals surface area (Å²) in [4.78, 5) is 4.35. The number of nitrogens with two attached hydrogens (primary N) is 1. The van der Waals surface area contributed by atoms with Crippen molar-refractivity contribution in [3.8, 4) is 11.5 Å². The highest BCUT2D eigenvalue weighted by Crippen LogP contribution is 2.25. The maximum Gasteiger partial charge on any atom is 0.259 e. The first-order chi connectivity index (χ1) is 7.70. The number of nitrogens with zero attached hydrogens (tertiary/aromatic N) is 2. The second kappa shape index (κ2) is 4.76. The Balaban J connectivity index is 2.17. The van der Waals surface area contributed by atoms with E-state index in [0.717, 1.165) is 12.0 Å². The quantitative estimate of drug-likeness (QED) is 0.886. The molecule has 2 N–H and O–H groups in total. The Bertz CT molecular complexity index is 463. The lowest BCUT2D eigenvalue weighted by Gasteiger charge is -2.02. The van der Waals surface area contributed by atoms with E-state index in [4.69, 9.17) is 10.3 Å². The molecule has 0 aromatic carbocycles. The predicted octanol–water partition coefficient (Wildman–Crippen LogP) is 2.39. The van der Waals surface area contributed by atoms with Gasteiger partial charge in [0.25, 0.3) is 5.89 Å². The largest absolute Gasteiger partial charge is 0.334 e. The molecule has 1 atom stereocenters. The molecular weight excluding hydrogens is 222 g/mol. The molecule has 0 saturated carbocycles. The molecule has 0 aliphatic rings. The van der Waals surface area contributed by atoms with Crippen molar-refractivity contribution in [1.29, 1.82) is 0 Å². The van der Waals surface area contributed by atoms with Crippen molar-refractivity contribution >= 4 is 11.3 Å². The van der Waals surface area contributed by atoms with Gasteiger partial charge in [-0.05, 0) is 24.3 Å². The van der Waals surface area contributed by atoms with E-state index in [1.165, 1.54) is 5.56 Å². The summed E-state index contributed by atoms with van der Waals surface area (Å²) in [6.45, 7) is 4.09. The van der Waals surface area contributed by atoms with Crippen LogP contribution in [0.4, 0.5) is 0 Å². The van der Waals surface area contributed by atoms with Crippen LogP contribution >= 0.6 is 11.3 Å². The second-order valence-electron chi connectivity index (χ2n) is 3.86. The van der Waals surface area contributed by atoms with Crippen molar-refractivity contribution in [3.05, 3.63) is 22.1 Å². The van der Waals surface area contributed by atoms with Gasteiger partial charge in [-0.1, -0.05) is 12.1 Å². The van der Waals surface area contributed by atoms with Crippen LogP contribution in [0.3, 0.4) is 0 Å². The smallest absolute Gasteiger partial charge is 0.259 e. The van der Waals surface area contributed by atoms with E-state index in [0.29, 0.717) is 18.1 Å². The van der Waals surface area contributed by atoms with Gasteiger partial charge in [0.15, 0.2) is 5.82 Å². The van der Waals surface area contributed by atoms with Crippen LogP contribution in [0.25, 0.3) is 11.5 Å². The van der Waals surface area contributed by atoms with Crippen LogP contribution in [-0.2, 0) is 6.42 Å². The van der Waals surface area contributed by atoms with E-state index >= 15 is 0 Å². The number of rotatable bonds is 4. The van der Waals surface area contributed by atoms with Crippen molar-refractivity contribution in [2.45, 2.75) is 32.7 Å². The maximum atomic E-state index is 5.84. The minimum absolute atomic E-state index is 0.106. The Morgan fingerprint density at radius 3 is 2.94 bits per heavy atom. The first-order valence-electron chi connectivity index (χ1n) is 5.32. The molecule has 0 spiro atoms. The molecule has 4 nitrogen and oxygen atoms in total. The average Bonchev–Trinajstić information content (AvgIpc) is 2.86. The second-order valence-corrected chi connectivity index (χ2v) is 4.60. The van der Waals surface area contributed by atoms with Gasteiger partial charge in [0, 0.05) is 17.8 Å². The van der Waals surface area contributed by atoms with Crippen LogP contribution in [0.5, 0.6) is 0 Å². The monoisotopic (exact) mass is 237 g/mol. The standard InChI is InChI=1S/C11H15N3OS/c1-3-8(12)4-10-13-11(15-14-10)9-6-16-5-7(9)2/h5-6,8H,3-4,12H2,1-2H3. The Labute approximate surface area is 98.5 Å². The Morgan fingerprint density at radius 1 is 1.50 bits per heavy atom. The molecule has 0 radical (unpaired) electrons. The molecule has 16 heavy (non-hydrogen) atoms. The fourth-order valence-electron chi connectivity index (χ4n) is 1.40. The zero-order chi connectivity index (χ0) is 11.5. The molecule has 0 amide bonds. The Morgan fingerprint density at radius 2 is 2.31 bits per heavy atom. The fourth-order valence-corrected chi connectivity index (χ4v) is 2.23. The Hall–Kier alpha value is -1.20. The first-order valence-corrected chi connectivity index (χ1v) is 6.26. The fraction of sp³-hybridized carbons (Fsp3) is 0.455. The van der Waals surface area contributed by atoms with Crippen LogP contribution in [0.1, 0.15) is 24.7 Å². The molecule has 0 fully saturated rings. The van der Waals surface area contributed by atoms with Gasteiger partial charge in [-0.15, -0.1) is 0 Å². The molecule has 2 rings (SSSR count). The van der Waals surface area contributed by atoms with Gasteiger partial charge in [0.05, 0.1) is 5.56 Å². The lowest BCUT2D eigenvalue weighted by atomic mass is 10.1. The van der Waals surface area contributed by atoms with Crippen LogP contribution in [0.15, 0.2) is 15.3 Å². The van der Waals surface area contributed by atoms with E-state index < -0.39 is 0 Å². The summed E-state index contributed by atoms with van der Waals surface area (Å²) >= 11 is 1.64. The molecule has 0 saturated heterocycles. The van der Waals surface area contributed by atoms with Gasteiger partial charge >= 0.3 is 0 Å². The van der Waals surface area contributed by atoms with E-state index in [1.54, 1.807) is 11.3 Å². The number of aryl methyl sites for hydroxylation is 1. The number of hydrogen-bond acceptors (Lipinski definition) is 5. The van der Waals surface area contributed by atoms with Crippen molar-refractivity contribution < 1.29 is 4.52 Å². The third-order valence-electron chi connectivity index (χ3n) is 2.52. The van der Waals surface area contributed by atoms with E-state index in [-0.39, 0.29) is 6.04 Å².